The summed E-state index contributed by atoms with van der Waals surface area (Å²) in [7, 11) is 0. The minimum Gasteiger partial charge on any atom is -0.459 e. The molecule has 224 valence electrons. The monoisotopic (exact) mass is 596 g/mol. The Morgan fingerprint density at radius 3 is 1.32 bits per heavy atom. The lowest BCUT2D eigenvalue weighted by Gasteiger charge is -2.42. The van der Waals surface area contributed by atoms with Crippen molar-refractivity contribution in [3.63, 3.8) is 0 Å². The van der Waals surface area contributed by atoms with Gasteiger partial charge in [0.15, 0.2) is 12.2 Å². The Kier molecular flexibility index (Phi) is 9.75. The van der Waals surface area contributed by atoms with E-state index < -0.39 is 61.2 Å². The molecule has 1 fully saturated rings. The minimum atomic E-state index is -1.77. The number of ether oxygens (including phenoxy) is 5. The second kappa shape index (κ2) is 14.2. The molecule has 1 N–H and O–H groups in total. The van der Waals surface area contributed by atoms with Crippen molar-refractivity contribution in [3.8, 4) is 0 Å². The zero-order valence-corrected chi connectivity index (χ0v) is 23.3. The largest absolute Gasteiger partial charge is 0.459 e. The van der Waals surface area contributed by atoms with Crippen molar-refractivity contribution in [2.45, 2.75) is 30.7 Å². The van der Waals surface area contributed by atoms with Crippen LogP contribution in [0.1, 0.15) is 41.4 Å². The SMILES string of the molecule is O=C(OC[C@H]1O[C@@H](OC(=O)c2ccccc2)[C@H](OC(=O)c2ccccc2)[C@@H](O)[C@@H]1OC(=O)c1ccccc1)c1ccccc1. The molecule has 0 bridgehead atoms. The molecule has 4 aromatic carbocycles. The summed E-state index contributed by atoms with van der Waals surface area (Å²) in [6.07, 6.45) is -7.90. The topological polar surface area (TPSA) is 135 Å². The molecule has 1 aliphatic rings. The predicted molar refractivity (Wildman–Crippen MR) is 155 cm³/mol. The first-order chi connectivity index (χ1) is 21.4. The maximum absolute atomic E-state index is 13.1. The molecule has 0 spiro atoms. The standard InChI is InChI=1S/C34H28O10/c35-27-28(42-31(37)23-15-7-2-8-16-23)26(21-40-30(36)22-13-5-1-6-14-22)41-34(44-33(39)25-19-11-4-12-20-25)29(27)43-32(38)24-17-9-3-10-18-24/h1-20,26-29,34-35H,21H2/t26-,27+,28-,29-,34+/m1/s1. The van der Waals surface area contributed by atoms with Crippen molar-refractivity contribution in [2.24, 2.45) is 0 Å². The van der Waals surface area contributed by atoms with Gasteiger partial charge in [-0.05, 0) is 48.5 Å². The molecular formula is C34H28O10. The van der Waals surface area contributed by atoms with E-state index in [1.165, 1.54) is 36.4 Å². The average molecular weight is 597 g/mol. The highest BCUT2D eigenvalue weighted by Gasteiger charge is 2.52. The molecule has 10 nitrogen and oxygen atoms in total. The van der Waals surface area contributed by atoms with Gasteiger partial charge in [-0.3, -0.25) is 0 Å². The molecule has 0 unspecified atom stereocenters. The van der Waals surface area contributed by atoms with Crippen LogP contribution < -0.4 is 0 Å². The number of benzene rings is 4. The normalized spacial score (nSPS) is 21.0. The molecule has 44 heavy (non-hydrogen) atoms. The summed E-state index contributed by atoms with van der Waals surface area (Å²) in [6, 6.07) is 32.1. The number of aliphatic hydroxyl groups is 1. The minimum absolute atomic E-state index is 0.157. The van der Waals surface area contributed by atoms with Gasteiger partial charge < -0.3 is 28.8 Å². The Bertz CT molecular complexity index is 1560. The van der Waals surface area contributed by atoms with E-state index in [-0.39, 0.29) is 22.3 Å². The zero-order chi connectivity index (χ0) is 30.9. The Morgan fingerprint density at radius 2 is 0.886 bits per heavy atom. The second-order valence-electron chi connectivity index (χ2n) is 9.74. The van der Waals surface area contributed by atoms with E-state index in [0.29, 0.717) is 0 Å². The molecule has 0 saturated carbocycles. The van der Waals surface area contributed by atoms with Crippen molar-refractivity contribution >= 4 is 23.9 Å². The molecule has 5 atom stereocenters. The molecule has 0 amide bonds. The highest BCUT2D eigenvalue weighted by Crippen LogP contribution is 2.29. The van der Waals surface area contributed by atoms with E-state index >= 15 is 0 Å². The van der Waals surface area contributed by atoms with Crippen LogP contribution in [0.25, 0.3) is 0 Å². The molecular weight excluding hydrogens is 568 g/mol. The van der Waals surface area contributed by atoms with Crippen molar-refractivity contribution < 1.29 is 48.0 Å². The van der Waals surface area contributed by atoms with Gasteiger partial charge in [-0.15, -0.1) is 0 Å². The summed E-state index contributed by atoms with van der Waals surface area (Å²) in [6.45, 7) is -0.504. The Morgan fingerprint density at radius 1 is 0.523 bits per heavy atom. The van der Waals surface area contributed by atoms with Gasteiger partial charge in [0.1, 0.15) is 18.8 Å². The highest BCUT2D eigenvalue weighted by atomic mass is 16.7. The number of carbonyl (C=O) groups is 4. The van der Waals surface area contributed by atoms with Crippen LogP contribution in [0.15, 0.2) is 121 Å². The summed E-state index contributed by atoms with van der Waals surface area (Å²) < 4.78 is 28.3. The van der Waals surface area contributed by atoms with Crippen LogP contribution in [-0.4, -0.2) is 66.3 Å². The van der Waals surface area contributed by atoms with Crippen LogP contribution in [0.4, 0.5) is 0 Å². The molecule has 4 aromatic rings. The Labute approximate surface area is 252 Å². The number of esters is 4. The summed E-state index contributed by atoms with van der Waals surface area (Å²) in [5, 5.41) is 11.6. The third-order valence-corrected chi connectivity index (χ3v) is 6.74. The third-order valence-electron chi connectivity index (χ3n) is 6.74. The van der Waals surface area contributed by atoms with Crippen molar-refractivity contribution in [3.05, 3.63) is 144 Å². The summed E-state index contributed by atoms with van der Waals surface area (Å²) >= 11 is 0. The van der Waals surface area contributed by atoms with Gasteiger partial charge in [-0.25, -0.2) is 19.2 Å². The third kappa shape index (κ3) is 7.35. The molecule has 0 radical (unpaired) electrons. The molecule has 1 aliphatic heterocycles. The lowest BCUT2D eigenvalue weighted by atomic mass is 9.98. The van der Waals surface area contributed by atoms with Gasteiger partial charge >= 0.3 is 23.9 Å². The lowest BCUT2D eigenvalue weighted by molar-refractivity contribution is -0.283. The molecule has 5 rings (SSSR count). The van der Waals surface area contributed by atoms with E-state index in [9.17, 15) is 24.3 Å². The fourth-order valence-electron chi connectivity index (χ4n) is 4.49. The molecule has 1 saturated heterocycles. The Hall–Kier alpha value is -5.32. The van der Waals surface area contributed by atoms with Gasteiger partial charge in [0.05, 0.1) is 22.3 Å². The first kappa shape index (κ1) is 30.1. The molecule has 0 aromatic heterocycles. The van der Waals surface area contributed by atoms with E-state index in [0.717, 1.165) is 0 Å². The van der Waals surface area contributed by atoms with Crippen LogP contribution in [0, 0.1) is 0 Å². The molecule has 1 heterocycles. The quantitative estimate of drug-likeness (QED) is 0.221. The summed E-state index contributed by atoms with van der Waals surface area (Å²) in [5.41, 5.74) is 0.756. The first-order valence-corrected chi connectivity index (χ1v) is 13.7. The van der Waals surface area contributed by atoms with Crippen LogP contribution >= 0.6 is 0 Å². The van der Waals surface area contributed by atoms with E-state index in [1.807, 2.05) is 0 Å². The average Bonchev–Trinajstić information content (AvgIpc) is 3.08. The van der Waals surface area contributed by atoms with Crippen LogP contribution in [0.2, 0.25) is 0 Å². The zero-order valence-electron chi connectivity index (χ0n) is 23.3. The first-order valence-electron chi connectivity index (χ1n) is 13.7. The maximum Gasteiger partial charge on any atom is 0.340 e. The van der Waals surface area contributed by atoms with Crippen LogP contribution in [0.5, 0.6) is 0 Å². The fourth-order valence-corrected chi connectivity index (χ4v) is 4.49. The summed E-state index contributed by atoms with van der Waals surface area (Å²) in [4.78, 5) is 51.9. The second-order valence-corrected chi connectivity index (χ2v) is 9.74. The van der Waals surface area contributed by atoms with Gasteiger partial charge in [-0.2, -0.15) is 0 Å². The van der Waals surface area contributed by atoms with E-state index in [2.05, 4.69) is 0 Å². The number of aliphatic hydroxyl groups excluding tert-OH is 1. The van der Waals surface area contributed by atoms with Crippen molar-refractivity contribution in [1.82, 2.24) is 0 Å². The number of rotatable bonds is 9. The van der Waals surface area contributed by atoms with Crippen LogP contribution in [0.3, 0.4) is 0 Å². The van der Waals surface area contributed by atoms with Crippen LogP contribution in [-0.2, 0) is 23.7 Å². The Balaban J connectivity index is 1.44. The van der Waals surface area contributed by atoms with Gasteiger partial charge in [-0.1, -0.05) is 72.8 Å². The van der Waals surface area contributed by atoms with Gasteiger partial charge in [0.25, 0.3) is 0 Å². The number of carbonyl (C=O) groups excluding carboxylic acids is 4. The summed E-state index contributed by atoms with van der Waals surface area (Å²) in [5.74, 6) is -3.19. The lowest BCUT2D eigenvalue weighted by Crippen LogP contribution is -2.62. The number of hydrogen-bond acceptors (Lipinski definition) is 10. The molecule has 0 aliphatic carbocycles. The van der Waals surface area contributed by atoms with E-state index in [4.69, 9.17) is 23.7 Å². The van der Waals surface area contributed by atoms with Gasteiger partial charge in [0.2, 0.25) is 6.29 Å². The van der Waals surface area contributed by atoms with Gasteiger partial charge in [0, 0.05) is 0 Å². The van der Waals surface area contributed by atoms with E-state index in [1.54, 1.807) is 84.9 Å². The molecule has 10 heteroatoms. The highest BCUT2D eigenvalue weighted by molar-refractivity contribution is 5.91. The smallest absolute Gasteiger partial charge is 0.340 e. The van der Waals surface area contributed by atoms with Crippen molar-refractivity contribution in [2.75, 3.05) is 6.61 Å². The maximum atomic E-state index is 13.1. The van der Waals surface area contributed by atoms with Crippen molar-refractivity contribution in [1.29, 1.82) is 0 Å². The predicted octanol–water partition coefficient (Wildman–Crippen LogP) is 4.24. The fraction of sp³-hybridized carbons (Fsp3) is 0.176. The number of hydrogen-bond donors (Lipinski definition) is 1.